The molecule has 0 nitrogen and oxygen atoms in total. The molecule has 0 fully saturated rings. The molecule has 0 saturated heterocycles. The zero-order valence-corrected chi connectivity index (χ0v) is 7.08. The smallest absolute Gasteiger partial charge is 0.0102 e. The Morgan fingerprint density at radius 2 is 2.20 bits per heavy atom. The molecule has 10 heavy (non-hydrogen) atoms. The standard InChI is InChI=1S/C9H12S/c1-3-10-9-7-5-4-6-8(9)2/h3,6-7H,1,4-5H2,2H3. The Bertz CT molecular complexity index is 187. The van der Waals surface area contributed by atoms with E-state index >= 15 is 0 Å². The van der Waals surface area contributed by atoms with E-state index in [1.54, 1.807) is 11.8 Å². The summed E-state index contributed by atoms with van der Waals surface area (Å²) in [7, 11) is 0. The van der Waals surface area contributed by atoms with Crippen molar-refractivity contribution >= 4 is 11.8 Å². The van der Waals surface area contributed by atoms with E-state index in [0.29, 0.717) is 0 Å². The molecule has 0 amide bonds. The van der Waals surface area contributed by atoms with Gasteiger partial charge in [0.15, 0.2) is 0 Å². The summed E-state index contributed by atoms with van der Waals surface area (Å²) in [6.07, 6.45) is 6.95. The summed E-state index contributed by atoms with van der Waals surface area (Å²) in [6.45, 7) is 5.84. The number of rotatable bonds is 2. The van der Waals surface area contributed by atoms with Crippen LogP contribution in [0.1, 0.15) is 19.8 Å². The predicted molar refractivity (Wildman–Crippen MR) is 48.9 cm³/mol. The minimum atomic E-state index is 1.19. The molecule has 0 aromatic rings. The minimum Gasteiger partial charge on any atom is -0.0988 e. The highest BCUT2D eigenvalue weighted by atomic mass is 32.2. The van der Waals surface area contributed by atoms with E-state index in [4.69, 9.17) is 0 Å². The first-order chi connectivity index (χ1) is 4.84. The van der Waals surface area contributed by atoms with Crippen molar-refractivity contribution in [2.75, 3.05) is 0 Å². The van der Waals surface area contributed by atoms with Crippen LogP contribution in [-0.2, 0) is 0 Å². The molecule has 0 radical (unpaired) electrons. The van der Waals surface area contributed by atoms with Crippen molar-refractivity contribution in [3.63, 3.8) is 0 Å². The molecule has 0 atom stereocenters. The van der Waals surface area contributed by atoms with Crippen LogP contribution in [0.4, 0.5) is 0 Å². The molecule has 0 saturated carbocycles. The second kappa shape index (κ2) is 3.67. The van der Waals surface area contributed by atoms with Crippen molar-refractivity contribution in [3.8, 4) is 0 Å². The third-order valence-corrected chi connectivity index (χ3v) is 2.46. The Kier molecular flexibility index (Phi) is 2.82. The number of hydrogen-bond acceptors (Lipinski definition) is 1. The lowest BCUT2D eigenvalue weighted by atomic mass is 10.1. The van der Waals surface area contributed by atoms with Gasteiger partial charge in [0.25, 0.3) is 0 Å². The lowest BCUT2D eigenvalue weighted by Crippen LogP contribution is -1.85. The summed E-state index contributed by atoms with van der Waals surface area (Å²) in [6, 6.07) is 0. The van der Waals surface area contributed by atoms with Crippen LogP contribution in [0.2, 0.25) is 0 Å². The van der Waals surface area contributed by atoms with Gasteiger partial charge < -0.3 is 0 Å². The SMILES string of the molecule is C=CSC1=CCCC=C1C. The first kappa shape index (κ1) is 7.67. The van der Waals surface area contributed by atoms with Gasteiger partial charge in [-0.2, -0.15) is 0 Å². The minimum absolute atomic E-state index is 1.19. The van der Waals surface area contributed by atoms with E-state index in [1.165, 1.54) is 23.3 Å². The van der Waals surface area contributed by atoms with E-state index in [9.17, 15) is 0 Å². The van der Waals surface area contributed by atoms with Crippen LogP contribution < -0.4 is 0 Å². The molecule has 0 aliphatic heterocycles. The molecule has 1 heteroatoms. The van der Waals surface area contributed by atoms with Gasteiger partial charge in [-0.15, -0.1) is 0 Å². The van der Waals surface area contributed by atoms with Crippen LogP contribution in [0.5, 0.6) is 0 Å². The summed E-state index contributed by atoms with van der Waals surface area (Å²) in [5.41, 5.74) is 1.40. The second-order valence-electron chi connectivity index (χ2n) is 2.32. The summed E-state index contributed by atoms with van der Waals surface area (Å²) in [4.78, 5) is 1.38. The van der Waals surface area contributed by atoms with Crippen molar-refractivity contribution in [2.45, 2.75) is 19.8 Å². The average Bonchev–Trinajstić information content (AvgIpc) is 1.94. The van der Waals surface area contributed by atoms with Crippen LogP contribution in [0.15, 0.2) is 34.6 Å². The van der Waals surface area contributed by atoms with Crippen molar-refractivity contribution in [1.29, 1.82) is 0 Å². The van der Waals surface area contributed by atoms with Gasteiger partial charge in [0.05, 0.1) is 0 Å². The Balaban J connectivity index is 2.64. The first-order valence-electron chi connectivity index (χ1n) is 3.49. The van der Waals surface area contributed by atoms with Crippen molar-refractivity contribution in [3.05, 3.63) is 34.6 Å². The molecule has 54 valence electrons. The maximum absolute atomic E-state index is 3.68. The van der Waals surface area contributed by atoms with E-state index in [1.807, 2.05) is 5.41 Å². The van der Waals surface area contributed by atoms with Crippen molar-refractivity contribution in [1.82, 2.24) is 0 Å². The van der Waals surface area contributed by atoms with Crippen molar-refractivity contribution < 1.29 is 0 Å². The highest BCUT2D eigenvalue weighted by Gasteiger charge is 2.01. The Morgan fingerprint density at radius 3 is 2.80 bits per heavy atom. The number of thioether (sulfide) groups is 1. The highest BCUT2D eigenvalue weighted by molar-refractivity contribution is 8.06. The fraction of sp³-hybridized carbons (Fsp3) is 0.333. The molecule has 1 aliphatic rings. The Morgan fingerprint density at radius 1 is 1.50 bits per heavy atom. The topological polar surface area (TPSA) is 0 Å². The summed E-state index contributed by atoms with van der Waals surface area (Å²) in [5, 5.41) is 1.88. The quantitative estimate of drug-likeness (QED) is 0.583. The normalized spacial score (nSPS) is 17.7. The molecule has 1 rings (SSSR count). The van der Waals surface area contributed by atoms with Gasteiger partial charge in [0.1, 0.15) is 0 Å². The Labute approximate surface area is 66.7 Å². The lowest BCUT2D eigenvalue weighted by molar-refractivity contribution is 1.01. The molecule has 0 spiro atoms. The van der Waals surface area contributed by atoms with Gasteiger partial charge >= 0.3 is 0 Å². The third-order valence-electron chi connectivity index (χ3n) is 1.55. The van der Waals surface area contributed by atoms with E-state index in [0.717, 1.165) is 0 Å². The molecule has 0 aromatic heterocycles. The maximum atomic E-state index is 3.68. The van der Waals surface area contributed by atoms with Gasteiger partial charge in [-0.3, -0.25) is 0 Å². The monoisotopic (exact) mass is 152 g/mol. The fourth-order valence-electron chi connectivity index (χ4n) is 1.01. The molecule has 0 bridgehead atoms. The molecular formula is C9H12S. The lowest BCUT2D eigenvalue weighted by Gasteiger charge is -2.08. The van der Waals surface area contributed by atoms with Gasteiger partial charge in [-0.25, -0.2) is 0 Å². The van der Waals surface area contributed by atoms with Crippen LogP contribution in [0.3, 0.4) is 0 Å². The fourth-order valence-corrected chi connectivity index (χ4v) is 1.67. The molecule has 0 heterocycles. The predicted octanol–water partition coefficient (Wildman–Crippen LogP) is 3.49. The molecular weight excluding hydrogens is 140 g/mol. The maximum Gasteiger partial charge on any atom is 0.0102 e. The summed E-state index contributed by atoms with van der Waals surface area (Å²) in [5.74, 6) is 0. The van der Waals surface area contributed by atoms with Crippen LogP contribution in [0.25, 0.3) is 0 Å². The van der Waals surface area contributed by atoms with Crippen molar-refractivity contribution in [2.24, 2.45) is 0 Å². The number of hydrogen-bond donors (Lipinski definition) is 0. The zero-order valence-electron chi connectivity index (χ0n) is 6.26. The molecule has 0 unspecified atom stereocenters. The van der Waals surface area contributed by atoms with Crippen LogP contribution in [-0.4, -0.2) is 0 Å². The average molecular weight is 152 g/mol. The first-order valence-corrected chi connectivity index (χ1v) is 4.37. The van der Waals surface area contributed by atoms with Crippen LogP contribution in [0, 0.1) is 0 Å². The van der Waals surface area contributed by atoms with E-state index in [2.05, 4.69) is 25.7 Å². The van der Waals surface area contributed by atoms with Gasteiger partial charge in [0.2, 0.25) is 0 Å². The zero-order chi connectivity index (χ0) is 7.40. The summed E-state index contributed by atoms with van der Waals surface area (Å²) >= 11 is 1.72. The third kappa shape index (κ3) is 1.77. The number of allylic oxidation sites excluding steroid dienone is 3. The largest absolute Gasteiger partial charge is 0.0988 e. The molecule has 0 N–H and O–H groups in total. The molecule has 1 aliphatic carbocycles. The highest BCUT2D eigenvalue weighted by Crippen LogP contribution is 2.28. The summed E-state index contributed by atoms with van der Waals surface area (Å²) < 4.78 is 0. The van der Waals surface area contributed by atoms with E-state index in [-0.39, 0.29) is 0 Å². The van der Waals surface area contributed by atoms with Gasteiger partial charge in [-0.1, -0.05) is 30.5 Å². The molecule has 0 aromatic carbocycles. The second-order valence-corrected chi connectivity index (χ2v) is 3.33. The van der Waals surface area contributed by atoms with Crippen LogP contribution >= 0.6 is 11.8 Å². The van der Waals surface area contributed by atoms with Gasteiger partial charge in [0, 0.05) is 4.91 Å². The van der Waals surface area contributed by atoms with Gasteiger partial charge in [-0.05, 0) is 30.7 Å². The van der Waals surface area contributed by atoms with E-state index < -0.39 is 0 Å². The Hall–Kier alpha value is -0.430.